The third-order valence-electron chi connectivity index (χ3n) is 7.14. The van der Waals surface area contributed by atoms with Crippen molar-refractivity contribution in [2.45, 2.75) is 47.6 Å². The van der Waals surface area contributed by atoms with Gasteiger partial charge in [0.25, 0.3) is 5.56 Å². The maximum Gasteiger partial charge on any atom is 0.325 e. The summed E-state index contributed by atoms with van der Waals surface area (Å²) in [6, 6.07) is 0. The third kappa shape index (κ3) is 5.55. The number of ether oxygens (including phenoxy) is 1. The molecule has 7 rings (SSSR count). The Morgan fingerprint density at radius 1 is 1.09 bits per heavy atom. The zero-order chi connectivity index (χ0) is 31.0. The fraction of sp³-hybridized carbons (Fsp3) is 0.526. The number of aliphatic hydroxyl groups excluding tert-OH is 1. The van der Waals surface area contributed by atoms with Gasteiger partial charge in [-0.25, -0.2) is 14.6 Å². The highest BCUT2D eigenvalue weighted by molar-refractivity contribution is 8.07. The van der Waals surface area contributed by atoms with Gasteiger partial charge in [-0.05, 0) is 23.6 Å². The van der Waals surface area contributed by atoms with Gasteiger partial charge in [0.1, 0.15) is 23.9 Å². The normalized spacial score (nSPS) is 36.6. The van der Waals surface area contributed by atoms with E-state index in [1.54, 1.807) is 0 Å². The summed E-state index contributed by atoms with van der Waals surface area (Å²) in [5, 5.41) is 21.6. The number of aromatic nitrogens is 9. The molecule has 2 unspecified atom stereocenters. The Morgan fingerprint density at radius 3 is 2.68 bits per heavy atom. The van der Waals surface area contributed by atoms with Crippen molar-refractivity contribution in [3.63, 3.8) is 0 Å². The molecule has 44 heavy (non-hydrogen) atoms. The van der Waals surface area contributed by atoms with Crippen LogP contribution in [0.15, 0.2) is 17.3 Å². The SMILES string of the molecule is Nc1nc2c(nnn2[C@@H]2S[C@@H]3COP(O)(=S)O[C@H]4C[C@H](c5cnn6c(N)ncnc56)O[C@@H]4COP(O)(=S)O[C@@H]2[C@@H]3O)c(=O)[nH]1. The molecule has 3 aliphatic heterocycles. The van der Waals surface area contributed by atoms with Gasteiger partial charge in [-0.3, -0.25) is 14.3 Å². The quantitative estimate of drug-likeness (QED) is 0.134. The van der Waals surface area contributed by atoms with Crippen molar-refractivity contribution in [3.8, 4) is 0 Å². The van der Waals surface area contributed by atoms with E-state index >= 15 is 0 Å². The highest BCUT2D eigenvalue weighted by atomic mass is 32.5. The van der Waals surface area contributed by atoms with Crippen LogP contribution in [-0.4, -0.2) is 102 Å². The lowest BCUT2D eigenvalue weighted by atomic mass is 10.1. The van der Waals surface area contributed by atoms with Crippen LogP contribution in [0.1, 0.15) is 23.5 Å². The number of thioether (sulfide) groups is 1. The zero-order valence-corrected chi connectivity index (χ0v) is 26.2. The van der Waals surface area contributed by atoms with Gasteiger partial charge in [-0.2, -0.15) is 14.6 Å². The molecule has 9 atom stereocenters. The molecule has 8 N–H and O–H groups in total. The number of nitrogen functional groups attached to an aromatic ring is 2. The van der Waals surface area contributed by atoms with Crippen LogP contribution in [0.25, 0.3) is 16.8 Å². The Hall–Kier alpha value is -2.24. The monoisotopic (exact) mass is 707 g/mol. The van der Waals surface area contributed by atoms with Gasteiger partial charge < -0.3 is 44.7 Å². The average Bonchev–Trinajstić information content (AvgIpc) is 3.72. The fourth-order valence-electron chi connectivity index (χ4n) is 5.17. The summed E-state index contributed by atoms with van der Waals surface area (Å²) < 4.78 is 31.8. The Labute approximate surface area is 259 Å². The molecule has 0 spiro atoms. The number of aliphatic hydroxyl groups is 1. The van der Waals surface area contributed by atoms with Crippen LogP contribution in [0.4, 0.5) is 11.9 Å². The van der Waals surface area contributed by atoms with E-state index < -0.39 is 60.1 Å². The summed E-state index contributed by atoms with van der Waals surface area (Å²) in [6.07, 6.45) is -2.03. The number of hydrogen-bond donors (Lipinski definition) is 6. The highest BCUT2D eigenvalue weighted by Crippen LogP contribution is 2.56. The number of anilines is 2. The number of nitrogens with zero attached hydrogens (tertiary/aromatic N) is 8. The van der Waals surface area contributed by atoms with E-state index in [1.807, 2.05) is 0 Å². The van der Waals surface area contributed by atoms with Crippen molar-refractivity contribution in [1.82, 2.24) is 44.5 Å². The molecule has 7 heterocycles. The van der Waals surface area contributed by atoms with Gasteiger partial charge in [0.05, 0.1) is 43.0 Å². The molecule has 236 valence electrons. The van der Waals surface area contributed by atoms with Crippen molar-refractivity contribution < 1.29 is 37.7 Å². The molecule has 20 nitrogen and oxygen atoms in total. The maximum atomic E-state index is 12.3. The van der Waals surface area contributed by atoms with Crippen molar-refractivity contribution in [1.29, 1.82) is 0 Å². The Bertz CT molecular complexity index is 1910. The molecule has 3 fully saturated rings. The standard InChI is InChI=1S/C19H23N11O9P2S3/c20-18-25-15-11(16(32)26-18)27-28-29(15)17-13-12(31)10(44-17)4-36-40(33,42)38-8-1-7(37-9(8)3-35-41(34,43)39-13)6-2-24-30-14(6)22-5-23-19(30)21/h2,5,7-10,12-13,17,31H,1,3-4H2,(H,33,42)(H,34,43)(H2,21,22,23)(H3,20,25,26,32)/t7-,8+,9-,10-,12-,13-,17-,40?,41?/m1/s1. The first-order valence-corrected chi connectivity index (χ1v) is 18.9. The van der Waals surface area contributed by atoms with Gasteiger partial charge in [0, 0.05) is 12.0 Å². The molecule has 3 saturated heterocycles. The molecule has 4 aromatic rings. The Morgan fingerprint density at radius 2 is 1.86 bits per heavy atom. The van der Waals surface area contributed by atoms with Crippen LogP contribution in [0, 0.1) is 0 Å². The van der Waals surface area contributed by atoms with E-state index in [0.717, 1.165) is 11.8 Å². The number of aromatic amines is 1. The maximum absolute atomic E-state index is 12.3. The summed E-state index contributed by atoms with van der Waals surface area (Å²) >= 11 is 11.7. The lowest BCUT2D eigenvalue weighted by molar-refractivity contribution is -0.0226. The Balaban J connectivity index is 1.19. The van der Waals surface area contributed by atoms with E-state index in [9.17, 15) is 19.7 Å². The minimum Gasteiger partial charge on any atom is -0.389 e. The first-order valence-electron chi connectivity index (χ1n) is 12.7. The summed E-state index contributed by atoms with van der Waals surface area (Å²) in [7, 11) is 0. The second kappa shape index (κ2) is 11.2. The molecule has 4 aromatic heterocycles. The van der Waals surface area contributed by atoms with E-state index in [1.165, 1.54) is 21.7 Å². The second-order valence-electron chi connectivity index (χ2n) is 9.92. The van der Waals surface area contributed by atoms with Crippen LogP contribution in [0.2, 0.25) is 0 Å². The smallest absolute Gasteiger partial charge is 0.325 e. The number of H-pyrrole nitrogens is 1. The molecule has 0 amide bonds. The lowest BCUT2D eigenvalue weighted by Gasteiger charge is -2.27. The highest BCUT2D eigenvalue weighted by Gasteiger charge is 2.50. The van der Waals surface area contributed by atoms with Crippen LogP contribution in [-0.2, 0) is 46.4 Å². The Kier molecular flexibility index (Phi) is 7.76. The van der Waals surface area contributed by atoms with E-state index in [4.69, 9.17) is 57.9 Å². The van der Waals surface area contributed by atoms with Gasteiger partial charge in [-0.1, -0.05) is 5.21 Å². The summed E-state index contributed by atoms with van der Waals surface area (Å²) in [5.74, 6) is -0.0658. The van der Waals surface area contributed by atoms with Crippen molar-refractivity contribution in [2.24, 2.45) is 0 Å². The minimum absolute atomic E-state index is 0.00274. The van der Waals surface area contributed by atoms with Crippen LogP contribution >= 0.6 is 25.2 Å². The predicted octanol–water partition coefficient (Wildman–Crippen LogP) is -1.13. The van der Waals surface area contributed by atoms with Gasteiger partial charge >= 0.3 is 13.4 Å². The summed E-state index contributed by atoms with van der Waals surface area (Å²) in [4.78, 5) is 49.1. The second-order valence-corrected chi connectivity index (χ2v) is 16.9. The minimum atomic E-state index is -4.09. The number of fused-ring (bicyclic) bond motifs is 5. The summed E-state index contributed by atoms with van der Waals surface area (Å²) in [6.45, 7) is -8.65. The molecule has 0 aliphatic carbocycles. The first kappa shape index (κ1) is 30.4. The molecular weight excluding hydrogens is 684 g/mol. The van der Waals surface area contributed by atoms with E-state index in [2.05, 4.69) is 35.3 Å². The molecule has 0 radical (unpaired) electrons. The molecule has 25 heteroatoms. The van der Waals surface area contributed by atoms with Crippen molar-refractivity contribution in [3.05, 3.63) is 28.4 Å². The van der Waals surface area contributed by atoms with Crippen LogP contribution in [0.5, 0.6) is 0 Å². The molecule has 0 aromatic carbocycles. The van der Waals surface area contributed by atoms with Crippen molar-refractivity contribution >= 4 is 77.5 Å². The van der Waals surface area contributed by atoms with Crippen LogP contribution in [0.3, 0.4) is 0 Å². The van der Waals surface area contributed by atoms with E-state index in [0.29, 0.717) is 11.2 Å². The number of hydrogen-bond acceptors (Lipinski definition) is 18. The number of rotatable bonds is 2. The molecule has 2 bridgehead atoms. The third-order valence-corrected chi connectivity index (χ3v) is 11.8. The van der Waals surface area contributed by atoms with Gasteiger partial charge in [0.15, 0.2) is 16.8 Å². The molecule has 0 saturated carbocycles. The molecular formula is C19H23N11O9P2S3. The predicted molar refractivity (Wildman–Crippen MR) is 159 cm³/mol. The van der Waals surface area contributed by atoms with E-state index in [-0.39, 0.29) is 42.7 Å². The summed E-state index contributed by atoms with van der Waals surface area (Å²) in [5.41, 5.74) is 11.9. The first-order chi connectivity index (χ1) is 20.9. The van der Waals surface area contributed by atoms with Crippen LogP contribution < -0.4 is 17.0 Å². The molecule has 3 aliphatic rings. The van der Waals surface area contributed by atoms with Gasteiger partial charge in [0.2, 0.25) is 11.9 Å². The van der Waals surface area contributed by atoms with Gasteiger partial charge in [-0.15, -0.1) is 16.9 Å². The topological polar surface area (TPSA) is 278 Å². The fourth-order valence-corrected chi connectivity index (χ4v) is 9.71. The average molecular weight is 708 g/mol. The number of nitrogens with one attached hydrogen (secondary N) is 1. The largest absolute Gasteiger partial charge is 0.389 e. The lowest BCUT2D eigenvalue weighted by Crippen LogP contribution is -2.35. The zero-order valence-electron chi connectivity index (χ0n) is 22.0. The number of nitrogens with two attached hydrogens (primary N) is 2. The van der Waals surface area contributed by atoms with Crippen molar-refractivity contribution in [2.75, 3.05) is 24.7 Å².